The van der Waals surface area contributed by atoms with Crippen molar-refractivity contribution in [3.8, 4) is 0 Å². The molecule has 0 atom stereocenters. The Hall–Kier alpha value is -2.45. The van der Waals surface area contributed by atoms with E-state index in [1.807, 2.05) is 4.90 Å². The molecule has 1 fully saturated rings. The van der Waals surface area contributed by atoms with Gasteiger partial charge in [-0.2, -0.15) is 0 Å². The van der Waals surface area contributed by atoms with Gasteiger partial charge in [0.25, 0.3) is 0 Å². The smallest absolute Gasteiger partial charge is 0.348 e. The highest BCUT2D eigenvalue weighted by atomic mass is 35.5. The summed E-state index contributed by atoms with van der Waals surface area (Å²) in [4.78, 5) is 23.7. The van der Waals surface area contributed by atoms with Crippen LogP contribution in [-0.4, -0.2) is 52.5 Å². The molecule has 1 aliphatic heterocycles. The Morgan fingerprint density at radius 3 is 2.68 bits per heavy atom. The summed E-state index contributed by atoms with van der Waals surface area (Å²) >= 11 is 5.97. The molecule has 1 aliphatic rings. The maximum absolute atomic E-state index is 11.7. The molecule has 8 nitrogen and oxygen atoms in total. The molecule has 1 saturated heterocycles. The highest BCUT2D eigenvalue weighted by Gasteiger charge is 2.29. The van der Waals surface area contributed by atoms with Gasteiger partial charge in [0.2, 0.25) is 11.6 Å². The molecule has 0 amide bonds. The number of aromatic nitrogens is 2. The second kappa shape index (κ2) is 7.62. The minimum absolute atomic E-state index is 0.118. The number of benzene rings is 1. The Balaban J connectivity index is 1.91. The zero-order valence-electron chi connectivity index (χ0n) is 13.9. The van der Waals surface area contributed by atoms with Gasteiger partial charge in [0.1, 0.15) is 6.33 Å². The molecular formula is C16H19ClN6O2. The van der Waals surface area contributed by atoms with E-state index in [1.54, 1.807) is 24.3 Å². The Morgan fingerprint density at radius 2 is 2.04 bits per heavy atom. The lowest BCUT2D eigenvalue weighted by molar-refractivity contribution is -0.383. The van der Waals surface area contributed by atoms with Crippen molar-refractivity contribution >= 4 is 34.6 Å². The molecule has 0 unspecified atom stereocenters. The average molecular weight is 363 g/mol. The zero-order valence-corrected chi connectivity index (χ0v) is 14.6. The Bertz CT molecular complexity index is 764. The van der Waals surface area contributed by atoms with Gasteiger partial charge in [0.15, 0.2) is 0 Å². The molecule has 2 aromatic rings. The molecule has 132 valence electrons. The molecule has 0 radical (unpaired) electrons. The van der Waals surface area contributed by atoms with Crippen LogP contribution in [0.4, 0.5) is 23.0 Å². The van der Waals surface area contributed by atoms with Gasteiger partial charge in [-0.25, -0.2) is 9.97 Å². The first-order chi connectivity index (χ1) is 12.1. The zero-order chi connectivity index (χ0) is 17.8. The van der Waals surface area contributed by atoms with Crippen molar-refractivity contribution in [1.82, 2.24) is 14.9 Å². The third-order valence-electron chi connectivity index (χ3n) is 4.19. The number of hydrogen-bond donors (Lipinski definition) is 1. The van der Waals surface area contributed by atoms with Crippen LogP contribution in [0, 0.1) is 10.1 Å². The van der Waals surface area contributed by atoms with Crippen LogP contribution in [0.25, 0.3) is 0 Å². The molecule has 1 N–H and O–H groups in total. The van der Waals surface area contributed by atoms with Gasteiger partial charge in [-0.1, -0.05) is 24.6 Å². The number of anilines is 3. The van der Waals surface area contributed by atoms with Crippen LogP contribution in [0.3, 0.4) is 0 Å². The third-order valence-corrected chi connectivity index (χ3v) is 4.43. The van der Waals surface area contributed by atoms with E-state index in [4.69, 9.17) is 11.6 Å². The SMILES string of the molecule is CCN1CCN(c2ncnc(Nc3cccc(Cl)c3)c2[N+](=O)[O-])CC1. The van der Waals surface area contributed by atoms with Crippen molar-refractivity contribution in [1.29, 1.82) is 0 Å². The molecule has 2 heterocycles. The molecule has 3 rings (SSSR count). The van der Waals surface area contributed by atoms with Crippen molar-refractivity contribution in [2.75, 3.05) is 42.9 Å². The van der Waals surface area contributed by atoms with Crippen LogP contribution >= 0.6 is 11.6 Å². The van der Waals surface area contributed by atoms with Crippen molar-refractivity contribution in [3.05, 3.63) is 45.7 Å². The van der Waals surface area contributed by atoms with E-state index in [2.05, 4.69) is 27.1 Å². The molecule has 0 spiro atoms. The predicted octanol–water partition coefficient (Wildman–Crippen LogP) is 2.92. The number of rotatable bonds is 5. The first-order valence-corrected chi connectivity index (χ1v) is 8.45. The second-order valence-corrected chi connectivity index (χ2v) is 6.14. The predicted molar refractivity (Wildman–Crippen MR) is 97.7 cm³/mol. The van der Waals surface area contributed by atoms with Crippen molar-refractivity contribution in [2.24, 2.45) is 0 Å². The van der Waals surface area contributed by atoms with Gasteiger partial charge in [0.05, 0.1) is 4.92 Å². The highest BCUT2D eigenvalue weighted by Crippen LogP contribution is 2.34. The van der Waals surface area contributed by atoms with Crippen molar-refractivity contribution in [2.45, 2.75) is 6.92 Å². The van der Waals surface area contributed by atoms with Crippen LogP contribution in [0.2, 0.25) is 5.02 Å². The maximum atomic E-state index is 11.7. The number of hydrogen-bond acceptors (Lipinski definition) is 7. The Kier molecular flexibility index (Phi) is 5.30. The fourth-order valence-electron chi connectivity index (χ4n) is 2.84. The minimum atomic E-state index is -0.436. The largest absolute Gasteiger partial charge is 0.353 e. The van der Waals surface area contributed by atoms with E-state index in [1.165, 1.54) is 6.33 Å². The number of nitrogens with one attached hydrogen (secondary N) is 1. The molecule has 0 saturated carbocycles. The number of nitrogens with zero attached hydrogens (tertiary/aromatic N) is 5. The Labute approximate surface area is 150 Å². The average Bonchev–Trinajstić information content (AvgIpc) is 2.61. The van der Waals surface area contributed by atoms with Crippen LogP contribution in [-0.2, 0) is 0 Å². The van der Waals surface area contributed by atoms with Gasteiger partial charge >= 0.3 is 5.69 Å². The molecule has 1 aromatic heterocycles. The van der Waals surface area contributed by atoms with E-state index in [0.29, 0.717) is 29.6 Å². The van der Waals surface area contributed by atoms with Crippen LogP contribution < -0.4 is 10.2 Å². The van der Waals surface area contributed by atoms with Crippen LogP contribution in [0.5, 0.6) is 0 Å². The van der Waals surface area contributed by atoms with Gasteiger partial charge in [0, 0.05) is 36.9 Å². The lowest BCUT2D eigenvalue weighted by Gasteiger charge is -2.34. The maximum Gasteiger partial charge on any atom is 0.353 e. The highest BCUT2D eigenvalue weighted by molar-refractivity contribution is 6.30. The summed E-state index contributed by atoms with van der Waals surface area (Å²) in [6.07, 6.45) is 1.35. The van der Waals surface area contributed by atoms with Crippen LogP contribution in [0.15, 0.2) is 30.6 Å². The van der Waals surface area contributed by atoms with E-state index in [0.717, 1.165) is 19.6 Å². The van der Waals surface area contributed by atoms with Gasteiger partial charge in [-0.3, -0.25) is 10.1 Å². The Morgan fingerprint density at radius 1 is 1.28 bits per heavy atom. The van der Waals surface area contributed by atoms with E-state index in [9.17, 15) is 10.1 Å². The minimum Gasteiger partial charge on any atom is -0.348 e. The normalized spacial score (nSPS) is 15.2. The fraction of sp³-hybridized carbons (Fsp3) is 0.375. The number of piperazine rings is 1. The summed E-state index contributed by atoms with van der Waals surface area (Å²) in [5.74, 6) is 0.510. The van der Waals surface area contributed by atoms with Crippen molar-refractivity contribution < 1.29 is 4.92 Å². The summed E-state index contributed by atoms with van der Waals surface area (Å²) < 4.78 is 0. The van der Waals surface area contributed by atoms with E-state index < -0.39 is 4.92 Å². The van der Waals surface area contributed by atoms with Crippen LogP contribution in [0.1, 0.15) is 6.92 Å². The number of halogens is 1. The standard InChI is InChI=1S/C16H19ClN6O2/c1-2-21-6-8-22(9-7-21)16-14(23(24)25)15(18-11-19-16)20-13-5-3-4-12(17)10-13/h3-5,10-11H,2,6-9H2,1H3,(H,18,19,20). The number of nitro groups is 1. The second-order valence-electron chi connectivity index (χ2n) is 5.71. The van der Waals surface area contributed by atoms with Gasteiger partial charge in [-0.05, 0) is 24.7 Å². The molecule has 0 bridgehead atoms. The van der Waals surface area contributed by atoms with E-state index >= 15 is 0 Å². The topological polar surface area (TPSA) is 87.4 Å². The lowest BCUT2D eigenvalue weighted by Crippen LogP contribution is -2.46. The first-order valence-electron chi connectivity index (χ1n) is 8.07. The van der Waals surface area contributed by atoms with Gasteiger partial charge < -0.3 is 15.1 Å². The molecule has 9 heteroatoms. The molecule has 25 heavy (non-hydrogen) atoms. The monoisotopic (exact) mass is 362 g/mol. The lowest BCUT2D eigenvalue weighted by atomic mass is 10.2. The van der Waals surface area contributed by atoms with Gasteiger partial charge in [-0.15, -0.1) is 0 Å². The van der Waals surface area contributed by atoms with Crippen molar-refractivity contribution in [3.63, 3.8) is 0 Å². The quantitative estimate of drug-likeness (QED) is 0.646. The molecular weight excluding hydrogens is 344 g/mol. The summed E-state index contributed by atoms with van der Waals surface area (Å²) in [6, 6.07) is 6.97. The third kappa shape index (κ3) is 3.97. The fourth-order valence-corrected chi connectivity index (χ4v) is 3.03. The summed E-state index contributed by atoms with van der Waals surface area (Å²) in [5.41, 5.74) is 0.517. The summed E-state index contributed by atoms with van der Waals surface area (Å²) in [6.45, 7) is 6.19. The number of likely N-dealkylation sites (N-methyl/N-ethyl adjacent to an activating group) is 1. The first kappa shape index (κ1) is 17.4. The van der Waals surface area contributed by atoms with E-state index in [-0.39, 0.29) is 11.5 Å². The molecule has 1 aromatic carbocycles. The molecule has 0 aliphatic carbocycles. The summed E-state index contributed by atoms with van der Waals surface area (Å²) in [7, 11) is 0. The summed E-state index contributed by atoms with van der Waals surface area (Å²) in [5, 5.41) is 15.2.